The lowest BCUT2D eigenvalue weighted by molar-refractivity contribution is 0.201. The molecule has 0 radical (unpaired) electrons. The highest BCUT2D eigenvalue weighted by Gasteiger charge is 2.03. The maximum absolute atomic E-state index is 11.5. The summed E-state index contributed by atoms with van der Waals surface area (Å²) in [6, 6.07) is 16.8. The first-order valence-corrected chi connectivity index (χ1v) is 7.54. The van der Waals surface area contributed by atoms with Crippen molar-refractivity contribution in [2.45, 2.75) is 4.90 Å². The topological polar surface area (TPSA) is 47.6 Å². The molecule has 0 aliphatic heterocycles. The molecule has 4 nitrogen and oxygen atoms in total. The monoisotopic (exact) mass is 303 g/mol. The largest absolute Gasteiger partial charge is 0.497 e. The SMILES string of the molecule is COc1ccc(SCCNC(=O)Oc2ccccc2)cc1. The number of ether oxygens (including phenoxy) is 2. The van der Waals surface area contributed by atoms with Gasteiger partial charge in [-0.05, 0) is 36.4 Å². The summed E-state index contributed by atoms with van der Waals surface area (Å²) in [5, 5.41) is 2.72. The van der Waals surface area contributed by atoms with Gasteiger partial charge in [-0.15, -0.1) is 11.8 Å². The molecule has 0 saturated heterocycles. The molecule has 2 aromatic carbocycles. The summed E-state index contributed by atoms with van der Waals surface area (Å²) >= 11 is 1.66. The van der Waals surface area contributed by atoms with Crippen molar-refractivity contribution in [1.82, 2.24) is 5.32 Å². The van der Waals surface area contributed by atoms with Crippen molar-refractivity contribution < 1.29 is 14.3 Å². The van der Waals surface area contributed by atoms with Gasteiger partial charge in [-0.25, -0.2) is 4.79 Å². The molecule has 2 rings (SSSR count). The minimum atomic E-state index is -0.434. The van der Waals surface area contributed by atoms with Crippen LogP contribution in [0.5, 0.6) is 11.5 Å². The van der Waals surface area contributed by atoms with Crippen molar-refractivity contribution in [3.8, 4) is 11.5 Å². The van der Waals surface area contributed by atoms with Gasteiger partial charge < -0.3 is 14.8 Å². The van der Waals surface area contributed by atoms with E-state index in [1.54, 1.807) is 31.0 Å². The molecule has 110 valence electrons. The number of carbonyl (C=O) groups is 1. The van der Waals surface area contributed by atoms with E-state index in [0.29, 0.717) is 12.3 Å². The number of carbonyl (C=O) groups excluding carboxylic acids is 1. The lowest BCUT2D eigenvalue weighted by Gasteiger charge is -2.06. The molecule has 0 aromatic heterocycles. The summed E-state index contributed by atoms with van der Waals surface area (Å²) < 4.78 is 10.2. The first-order valence-electron chi connectivity index (χ1n) is 6.55. The van der Waals surface area contributed by atoms with Crippen molar-refractivity contribution in [1.29, 1.82) is 0 Å². The van der Waals surface area contributed by atoms with Crippen molar-refractivity contribution >= 4 is 17.9 Å². The maximum atomic E-state index is 11.5. The standard InChI is InChI=1S/C16H17NO3S/c1-19-13-7-9-15(10-8-13)21-12-11-17-16(18)20-14-5-3-2-4-6-14/h2-10H,11-12H2,1H3,(H,17,18). The van der Waals surface area contributed by atoms with Gasteiger partial charge in [0.2, 0.25) is 0 Å². The Morgan fingerprint density at radius 2 is 1.76 bits per heavy atom. The van der Waals surface area contributed by atoms with Gasteiger partial charge in [0, 0.05) is 17.2 Å². The predicted octanol–water partition coefficient (Wildman–Crippen LogP) is 3.58. The van der Waals surface area contributed by atoms with Crippen LogP contribution in [0, 0.1) is 0 Å². The van der Waals surface area contributed by atoms with Crippen LogP contribution in [0.25, 0.3) is 0 Å². The van der Waals surface area contributed by atoms with Gasteiger partial charge >= 0.3 is 6.09 Å². The highest BCUT2D eigenvalue weighted by Crippen LogP contribution is 2.20. The summed E-state index contributed by atoms with van der Waals surface area (Å²) in [6.45, 7) is 0.544. The minimum Gasteiger partial charge on any atom is -0.497 e. The number of rotatable bonds is 6. The van der Waals surface area contributed by atoms with E-state index in [9.17, 15) is 4.79 Å². The third kappa shape index (κ3) is 5.39. The fraction of sp³-hybridized carbons (Fsp3) is 0.188. The molecule has 0 unspecified atom stereocenters. The van der Waals surface area contributed by atoms with Gasteiger partial charge in [0.25, 0.3) is 0 Å². The minimum absolute atomic E-state index is 0.434. The quantitative estimate of drug-likeness (QED) is 0.654. The summed E-state index contributed by atoms with van der Waals surface area (Å²) in [5.41, 5.74) is 0. The number of benzene rings is 2. The Morgan fingerprint density at radius 1 is 1.05 bits per heavy atom. The van der Waals surface area contributed by atoms with Crippen LogP contribution in [-0.2, 0) is 0 Å². The number of hydrogen-bond acceptors (Lipinski definition) is 4. The van der Waals surface area contributed by atoms with Crippen LogP contribution in [0.4, 0.5) is 4.79 Å². The van der Waals surface area contributed by atoms with Crippen LogP contribution in [0.15, 0.2) is 59.5 Å². The van der Waals surface area contributed by atoms with Crippen LogP contribution in [0.3, 0.4) is 0 Å². The second kappa shape index (κ2) is 8.21. The Morgan fingerprint density at radius 3 is 2.43 bits per heavy atom. The van der Waals surface area contributed by atoms with Crippen LogP contribution in [-0.4, -0.2) is 25.5 Å². The molecule has 0 atom stereocenters. The smallest absolute Gasteiger partial charge is 0.412 e. The van der Waals surface area contributed by atoms with Crippen molar-refractivity contribution in [2.24, 2.45) is 0 Å². The third-order valence-electron chi connectivity index (χ3n) is 2.65. The molecule has 2 aromatic rings. The van der Waals surface area contributed by atoms with E-state index in [1.807, 2.05) is 42.5 Å². The molecular formula is C16H17NO3S. The van der Waals surface area contributed by atoms with Gasteiger partial charge in [-0.1, -0.05) is 18.2 Å². The summed E-state index contributed by atoms with van der Waals surface area (Å²) in [7, 11) is 1.64. The normalized spacial score (nSPS) is 9.95. The fourth-order valence-corrected chi connectivity index (χ4v) is 2.39. The average molecular weight is 303 g/mol. The van der Waals surface area contributed by atoms with Gasteiger partial charge in [0.15, 0.2) is 0 Å². The number of thioether (sulfide) groups is 1. The molecule has 1 amide bonds. The summed E-state index contributed by atoms with van der Waals surface area (Å²) in [4.78, 5) is 12.7. The van der Waals surface area contributed by atoms with Gasteiger partial charge in [0.05, 0.1) is 7.11 Å². The second-order valence-corrected chi connectivity index (χ2v) is 5.32. The first kappa shape index (κ1) is 15.3. The predicted molar refractivity (Wildman–Crippen MR) is 84.2 cm³/mol. The molecule has 21 heavy (non-hydrogen) atoms. The Labute approximate surface area is 128 Å². The Bertz CT molecular complexity index is 557. The molecule has 0 bridgehead atoms. The highest BCUT2D eigenvalue weighted by molar-refractivity contribution is 7.99. The summed E-state index contributed by atoms with van der Waals surface area (Å²) in [6.07, 6.45) is -0.434. The van der Waals surface area contributed by atoms with E-state index in [-0.39, 0.29) is 0 Å². The van der Waals surface area contributed by atoms with Crippen LogP contribution in [0.1, 0.15) is 0 Å². The number of para-hydroxylation sites is 1. The van der Waals surface area contributed by atoms with Crippen molar-refractivity contribution in [2.75, 3.05) is 19.4 Å². The Kier molecular flexibility index (Phi) is 5.97. The number of methoxy groups -OCH3 is 1. The van der Waals surface area contributed by atoms with E-state index in [0.717, 1.165) is 16.4 Å². The Hall–Kier alpha value is -2.14. The molecular weight excluding hydrogens is 286 g/mol. The van der Waals surface area contributed by atoms with E-state index < -0.39 is 6.09 Å². The molecule has 0 heterocycles. The number of hydrogen-bond donors (Lipinski definition) is 1. The van der Waals surface area contributed by atoms with Gasteiger partial charge in [-0.3, -0.25) is 0 Å². The number of nitrogens with one attached hydrogen (secondary N) is 1. The van der Waals surface area contributed by atoms with Gasteiger partial charge in [0.1, 0.15) is 11.5 Å². The van der Waals surface area contributed by atoms with Crippen molar-refractivity contribution in [3.63, 3.8) is 0 Å². The Balaban J connectivity index is 1.66. The van der Waals surface area contributed by atoms with E-state index in [4.69, 9.17) is 9.47 Å². The molecule has 0 saturated carbocycles. The zero-order chi connectivity index (χ0) is 14.9. The second-order valence-electron chi connectivity index (χ2n) is 4.15. The summed E-state index contributed by atoms with van der Waals surface area (Å²) in [5.74, 6) is 2.15. The van der Waals surface area contributed by atoms with E-state index in [2.05, 4.69) is 5.32 Å². The van der Waals surface area contributed by atoms with E-state index >= 15 is 0 Å². The van der Waals surface area contributed by atoms with E-state index in [1.165, 1.54) is 0 Å². The molecule has 0 aliphatic rings. The lowest BCUT2D eigenvalue weighted by Crippen LogP contribution is -2.28. The highest BCUT2D eigenvalue weighted by atomic mass is 32.2. The molecule has 0 fully saturated rings. The maximum Gasteiger partial charge on any atom is 0.412 e. The fourth-order valence-electron chi connectivity index (χ4n) is 1.63. The molecule has 0 spiro atoms. The van der Waals surface area contributed by atoms with Crippen molar-refractivity contribution in [3.05, 3.63) is 54.6 Å². The first-order chi connectivity index (χ1) is 10.3. The molecule has 5 heteroatoms. The van der Waals surface area contributed by atoms with Crippen LogP contribution < -0.4 is 14.8 Å². The molecule has 0 aliphatic carbocycles. The molecule has 1 N–H and O–H groups in total. The zero-order valence-corrected chi connectivity index (χ0v) is 12.6. The third-order valence-corrected chi connectivity index (χ3v) is 3.67. The van der Waals surface area contributed by atoms with Gasteiger partial charge in [-0.2, -0.15) is 0 Å². The lowest BCUT2D eigenvalue weighted by atomic mass is 10.3. The zero-order valence-electron chi connectivity index (χ0n) is 11.7. The van der Waals surface area contributed by atoms with Crippen LogP contribution >= 0.6 is 11.8 Å². The number of amides is 1. The average Bonchev–Trinajstić information content (AvgIpc) is 2.53. The van der Waals surface area contributed by atoms with Crippen LogP contribution in [0.2, 0.25) is 0 Å².